The first-order valence-corrected chi connectivity index (χ1v) is 26.3. The number of ether oxygens (including phenoxy) is 2. The summed E-state index contributed by atoms with van der Waals surface area (Å²) in [6.45, 7) is 11.4. The molecule has 64 heavy (non-hydrogen) atoms. The third-order valence-electron chi connectivity index (χ3n) is 12.2. The predicted octanol–water partition coefficient (Wildman–Crippen LogP) is 12.4. The maximum absolute atomic E-state index is 12.7. The van der Waals surface area contributed by atoms with E-state index in [0.29, 0.717) is 12.8 Å². The molecule has 0 bridgehead atoms. The lowest BCUT2D eigenvalue weighted by Crippen LogP contribution is -2.34. The molecule has 14 heteroatoms. The Labute approximate surface area is 385 Å². The van der Waals surface area contributed by atoms with Gasteiger partial charge in [0.2, 0.25) is 0 Å². The van der Waals surface area contributed by atoms with Crippen LogP contribution in [0.15, 0.2) is 8.83 Å². The smallest absolute Gasteiger partial charge is 0.472 e. The van der Waals surface area contributed by atoms with Gasteiger partial charge in [-0.25, -0.2) is 4.57 Å². The lowest BCUT2D eigenvalue weighted by Gasteiger charge is -2.20. The molecule has 0 aliphatic heterocycles. The Morgan fingerprint density at radius 2 is 0.906 bits per heavy atom. The van der Waals surface area contributed by atoms with Gasteiger partial charge in [-0.05, 0) is 88.5 Å². The number of hydrogen-bond acceptors (Lipinski definition) is 11. The van der Waals surface area contributed by atoms with Gasteiger partial charge in [0.1, 0.15) is 35.7 Å². The van der Waals surface area contributed by atoms with E-state index < -0.39 is 51.1 Å². The highest BCUT2D eigenvalue weighted by molar-refractivity contribution is 7.47. The third-order valence-corrected chi connectivity index (χ3v) is 13.2. The number of esters is 2. The summed E-state index contributed by atoms with van der Waals surface area (Å²) >= 11 is 0. The molecule has 368 valence electrons. The van der Waals surface area contributed by atoms with Crippen molar-refractivity contribution in [3.63, 3.8) is 0 Å². The molecule has 0 saturated heterocycles. The zero-order valence-corrected chi connectivity index (χ0v) is 41.5. The minimum Gasteiger partial charge on any atom is -0.480 e. The second kappa shape index (κ2) is 33.5. The van der Waals surface area contributed by atoms with Gasteiger partial charge < -0.3 is 34.0 Å². The van der Waals surface area contributed by atoms with E-state index in [1.807, 2.05) is 0 Å². The van der Waals surface area contributed by atoms with Crippen LogP contribution in [0.3, 0.4) is 0 Å². The highest BCUT2D eigenvalue weighted by Gasteiger charge is 2.28. The third kappa shape index (κ3) is 24.5. The van der Waals surface area contributed by atoms with E-state index >= 15 is 0 Å². The number of unbranched alkanes of at least 4 members (excludes halogenated alkanes) is 18. The number of phosphoric acid groups is 1. The number of carbonyl (C=O) groups excluding carboxylic acids is 2. The summed E-state index contributed by atoms with van der Waals surface area (Å²) in [4.78, 5) is 46.3. The van der Waals surface area contributed by atoms with Crippen molar-refractivity contribution in [2.24, 2.45) is 5.73 Å². The fraction of sp³-hybridized carbons (Fsp3) is 0.780. The van der Waals surface area contributed by atoms with Gasteiger partial charge in [-0.2, -0.15) is 0 Å². The molecule has 0 radical (unpaired) electrons. The molecule has 0 spiro atoms. The number of rotatable bonds is 40. The van der Waals surface area contributed by atoms with E-state index in [4.69, 9.17) is 33.7 Å². The molecule has 2 aromatic rings. The Bertz CT molecular complexity index is 1650. The van der Waals surface area contributed by atoms with Crippen molar-refractivity contribution in [2.75, 3.05) is 19.8 Å². The molecule has 2 heterocycles. The Morgan fingerprint density at radius 1 is 0.531 bits per heavy atom. The van der Waals surface area contributed by atoms with Crippen LogP contribution >= 0.6 is 7.82 Å². The molecule has 13 nitrogen and oxygen atoms in total. The van der Waals surface area contributed by atoms with E-state index in [9.17, 15) is 23.8 Å². The topological polar surface area (TPSA) is 198 Å². The summed E-state index contributed by atoms with van der Waals surface area (Å²) in [5.74, 6) is 2.19. The van der Waals surface area contributed by atoms with E-state index in [1.54, 1.807) is 0 Å². The van der Waals surface area contributed by atoms with Crippen LogP contribution < -0.4 is 5.73 Å². The molecule has 0 saturated carbocycles. The minimum atomic E-state index is -4.74. The van der Waals surface area contributed by atoms with Crippen LogP contribution in [-0.4, -0.2) is 59.9 Å². The highest BCUT2D eigenvalue weighted by Crippen LogP contribution is 2.43. The van der Waals surface area contributed by atoms with Gasteiger partial charge in [0.15, 0.2) is 6.10 Å². The second-order valence-electron chi connectivity index (χ2n) is 17.8. The van der Waals surface area contributed by atoms with Crippen molar-refractivity contribution in [3.05, 3.63) is 45.3 Å². The molecule has 3 atom stereocenters. The summed E-state index contributed by atoms with van der Waals surface area (Å²) in [6.07, 6.45) is 26.9. The lowest BCUT2D eigenvalue weighted by molar-refractivity contribution is -0.161. The number of aryl methyl sites for hydroxylation is 4. The molecule has 0 aliphatic carbocycles. The number of carboxylic acids is 1. The van der Waals surface area contributed by atoms with Gasteiger partial charge in [-0.3, -0.25) is 23.4 Å². The first kappa shape index (κ1) is 57.2. The summed E-state index contributed by atoms with van der Waals surface area (Å²) in [7, 11) is -4.74. The highest BCUT2D eigenvalue weighted by atomic mass is 31.2. The molecule has 3 unspecified atom stereocenters. The fourth-order valence-corrected chi connectivity index (χ4v) is 8.60. The standard InChI is InChI=1S/C50H86NO12P/c1-7-9-24-30-45-40(5)41(6)47(63-45)32-26-20-16-12-10-11-13-19-23-28-34-49(53)61-42(36-59-64(56,57)60-37-43(51)50(54)55)35-58-48(52)33-27-22-18-15-14-17-21-25-31-46-39(4)38(3)44(62-46)29-8-2/h42-43H,7-37,51H2,1-6H3,(H,54,55)(H,56,57). The molecule has 2 aromatic heterocycles. The Kier molecular flexibility index (Phi) is 29.9. The zero-order chi connectivity index (χ0) is 47.2. The van der Waals surface area contributed by atoms with Crippen LogP contribution in [0.25, 0.3) is 0 Å². The number of aliphatic carboxylic acids is 1. The predicted molar refractivity (Wildman–Crippen MR) is 252 cm³/mol. The van der Waals surface area contributed by atoms with Gasteiger partial charge in [0.05, 0.1) is 13.2 Å². The molecule has 0 aromatic carbocycles. The van der Waals surface area contributed by atoms with Crippen molar-refractivity contribution >= 4 is 25.7 Å². The molecular weight excluding hydrogens is 838 g/mol. The number of carbonyl (C=O) groups is 3. The van der Waals surface area contributed by atoms with Crippen molar-refractivity contribution in [3.8, 4) is 0 Å². The molecule has 0 amide bonds. The van der Waals surface area contributed by atoms with Gasteiger partial charge in [-0.15, -0.1) is 0 Å². The largest absolute Gasteiger partial charge is 0.480 e. The first-order chi connectivity index (χ1) is 30.7. The van der Waals surface area contributed by atoms with Crippen molar-refractivity contribution in [1.29, 1.82) is 0 Å². The van der Waals surface area contributed by atoms with Crippen molar-refractivity contribution in [2.45, 2.75) is 233 Å². The van der Waals surface area contributed by atoms with Crippen molar-refractivity contribution in [1.82, 2.24) is 0 Å². The van der Waals surface area contributed by atoms with Crippen LogP contribution in [-0.2, 0) is 63.2 Å². The van der Waals surface area contributed by atoms with E-state index in [1.165, 1.54) is 78.7 Å². The maximum atomic E-state index is 12.7. The molecule has 4 N–H and O–H groups in total. The van der Waals surface area contributed by atoms with E-state index in [2.05, 4.69) is 46.1 Å². The molecule has 0 aliphatic rings. The maximum Gasteiger partial charge on any atom is 0.472 e. The number of carboxylic acid groups (broad SMARTS) is 1. The molecular formula is C50H86NO12P. The average Bonchev–Trinajstić information content (AvgIpc) is 3.69. The zero-order valence-electron chi connectivity index (χ0n) is 40.6. The van der Waals surface area contributed by atoms with Crippen LogP contribution in [0.4, 0.5) is 0 Å². The quantitative estimate of drug-likeness (QED) is 0.0324. The van der Waals surface area contributed by atoms with Crippen LogP contribution in [0.2, 0.25) is 0 Å². The van der Waals surface area contributed by atoms with E-state index in [0.717, 1.165) is 121 Å². The first-order valence-electron chi connectivity index (χ1n) is 24.8. The number of furan rings is 2. The molecule has 0 fully saturated rings. The van der Waals surface area contributed by atoms with Gasteiger partial charge >= 0.3 is 25.7 Å². The number of phosphoric ester groups is 1. The van der Waals surface area contributed by atoms with Crippen LogP contribution in [0.1, 0.15) is 213 Å². The summed E-state index contributed by atoms with van der Waals surface area (Å²) in [5, 5.41) is 8.94. The minimum absolute atomic E-state index is 0.142. The van der Waals surface area contributed by atoms with Gasteiger partial charge in [-0.1, -0.05) is 117 Å². The van der Waals surface area contributed by atoms with Gasteiger partial charge in [0, 0.05) is 38.5 Å². The van der Waals surface area contributed by atoms with Crippen LogP contribution in [0, 0.1) is 27.7 Å². The average molecular weight is 924 g/mol. The summed E-state index contributed by atoms with van der Waals surface area (Å²) < 4.78 is 45.3. The SMILES string of the molecule is CCCCCc1oc(CCCCCCCCCCCCC(=O)OC(COC(=O)CCCCCCCCCCc2oc(CCC)c(C)c2C)COP(=O)(O)OCC(N)C(=O)O)c(C)c1C. The Hall–Kier alpha value is -2.96. The monoisotopic (exact) mass is 924 g/mol. The fourth-order valence-electron chi connectivity index (χ4n) is 7.82. The number of nitrogens with two attached hydrogens (primary N) is 1. The lowest BCUT2D eigenvalue weighted by atomic mass is 10.0. The van der Waals surface area contributed by atoms with Gasteiger partial charge in [0.25, 0.3) is 0 Å². The number of hydrogen-bond donors (Lipinski definition) is 3. The second-order valence-corrected chi connectivity index (χ2v) is 19.2. The normalized spacial score (nSPS) is 13.5. The van der Waals surface area contributed by atoms with E-state index in [-0.39, 0.29) is 19.4 Å². The Balaban J connectivity index is 1.61. The van der Waals surface area contributed by atoms with Crippen molar-refractivity contribution < 1.29 is 56.3 Å². The molecule has 2 rings (SSSR count). The summed E-state index contributed by atoms with van der Waals surface area (Å²) in [5.41, 5.74) is 10.6. The van der Waals surface area contributed by atoms with Crippen LogP contribution in [0.5, 0.6) is 0 Å². The Morgan fingerprint density at radius 3 is 1.33 bits per heavy atom. The summed E-state index contributed by atoms with van der Waals surface area (Å²) in [6, 6.07) is -1.53.